The standard InChI is InChI=1S/C22H29N3O4S2/c1-5-17-8-6-7-13-25(17)31(28,29)18-11-9-16(10-12-18)20(26)24-22-19(21(27)23-4)14(2)15(3)30-22/h9-12,17H,5-8,13H2,1-4H3,(H,23,27)(H,24,26). The quantitative estimate of drug-likeness (QED) is 0.678. The number of nitrogens with zero attached hydrogens (tertiary/aromatic N) is 1. The number of amides is 2. The molecular formula is C22H29N3O4S2. The molecule has 0 bridgehead atoms. The first-order valence-electron chi connectivity index (χ1n) is 10.5. The Morgan fingerprint density at radius 2 is 1.81 bits per heavy atom. The van der Waals surface area contributed by atoms with Gasteiger partial charge in [0.05, 0.1) is 10.5 Å². The monoisotopic (exact) mass is 463 g/mol. The first kappa shape index (κ1) is 23.4. The Morgan fingerprint density at radius 1 is 1.13 bits per heavy atom. The van der Waals surface area contributed by atoms with E-state index in [1.54, 1.807) is 11.4 Å². The zero-order valence-electron chi connectivity index (χ0n) is 18.3. The number of hydrogen-bond acceptors (Lipinski definition) is 5. The van der Waals surface area contributed by atoms with Gasteiger partial charge in [-0.3, -0.25) is 9.59 Å². The second-order valence-electron chi connectivity index (χ2n) is 7.72. The van der Waals surface area contributed by atoms with E-state index < -0.39 is 10.0 Å². The maximum Gasteiger partial charge on any atom is 0.256 e. The zero-order chi connectivity index (χ0) is 22.8. The van der Waals surface area contributed by atoms with Crippen molar-refractivity contribution in [2.45, 2.75) is 57.4 Å². The van der Waals surface area contributed by atoms with Crippen LogP contribution in [-0.2, 0) is 10.0 Å². The van der Waals surface area contributed by atoms with E-state index in [0.29, 0.717) is 22.7 Å². The van der Waals surface area contributed by atoms with Crippen molar-refractivity contribution in [1.29, 1.82) is 0 Å². The first-order chi connectivity index (χ1) is 14.7. The van der Waals surface area contributed by atoms with Crippen molar-refractivity contribution in [3.05, 3.63) is 45.8 Å². The van der Waals surface area contributed by atoms with E-state index in [-0.39, 0.29) is 22.8 Å². The van der Waals surface area contributed by atoms with Crippen molar-refractivity contribution >= 4 is 38.2 Å². The summed E-state index contributed by atoms with van der Waals surface area (Å²) in [5.41, 5.74) is 1.61. The molecule has 1 aliphatic rings. The van der Waals surface area contributed by atoms with Crippen LogP contribution in [0.5, 0.6) is 0 Å². The molecule has 2 N–H and O–H groups in total. The second kappa shape index (κ2) is 9.50. The molecule has 9 heteroatoms. The van der Waals surface area contributed by atoms with E-state index in [1.165, 1.54) is 35.6 Å². The van der Waals surface area contributed by atoms with Crippen LogP contribution in [0.3, 0.4) is 0 Å². The highest BCUT2D eigenvalue weighted by atomic mass is 32.2. The highest BCUT2D eigenvalue weighted by Crippen LogP contribution is 2.33. The molecule has 0 radical (unpaired) electrons. The van der Waals surface area contributed by atoms with Gasteiger partial charge in [-0.1, -0.05) is 13.3 Å². The van der Waals surface area contributed by atoms with Crippen LogP contribution in [0.15, 0.2) is 29.2 Å². The number of nitrogens with one attached hydrogen (secondary N) is 2. The zero-order valence-corrected chi connectivity index (χ0v) is 20.0. The summed E-state index contributed by atoms with van der Waals surface area (Å²) in [5.74, 6) is -0.648. The van der Waals surface area contributed by atoms with E-state index in [9.17, 15) is 18.0 Å². The van der Waals surface area contributed by atoms with Crippen LogP contribution in [0.25, 0.3) is 0 Å². The predicted octanol–water partition coefficient (Wildman–Crippen LogP) is 3.93. The maximum atomic E-state index is 13.1. The van der Waals surface area contributed by atoms with E-state index >= 15 is 0 Å². The van der Waals surface area contributed by atoms with Crippen molar-refractivity contribution < 1.29 is 18.0 Å². The number of hydrogen-bond donors (Lipinski definition) is 2. The third-order valence-corrected chi connectivity index (χ3v) is 8.92. The molecule has 31 heavy (non-hydrogen) atoms. The Kier molecular flexibility index (Phi) is 7.18. The van der Waals surface area contributed by atoms with Gasteiger partial charge in [-0.25, -0.2) is 8.42 Å². The SMILES string of the molecule is CCC1CCCCN1S(=O)(=O)c1ccc(C(=O)Nc2sc(C)c(C)c2C(=O)NC)cc1. The van der Waals surface area contributed by atoms with E-state index in [2.05, 4.69) is 10.6 Å². The molecule has 1 aromatic heterocycles. The number of anilines is 1. The lowest BCUT2D eigenvalue weighted by atomic mass is 10.0. The minimum Gasteiger partial charge on any atom is -0.355 e. The molecule has 1 aliphatic heterocycles. The predicted molar refractivity (Wildman–Crippen MR) is 123 cm³/mol. The van der Waals surface area contributed by atoms with Gasteiger partial charge in [-0.05, 0) is 62.9 Å². The van der Waals surface area contributed by atoms with Crippen molar-refractivity contribution in [1.82, 2.24) is 9.62 Å². The molecule has 0 aliphatic carbocycles. The summed E-state index contributed by atoms with van der Waals surface area (Å²) >= 11 is 1.34. The van der Waals surface area contributed by atoms with Gasteiger partial charge in [0.1, 0.15) is 5.00 Å². The van der Waals surface area contributed by atoms with Crippen molar-refractivity contribution in [2.24, 2.45) is 0 Å². The Bertz CT molecular complexity index is 1070. The summed E-state index contributed by atoms with van der Waals surface area (Å²) in [6.45, 7) is 6.28. The molecule has 1 atom stereocenters. The van der Waals surface area contributed by atoms with Gasteiger partial charge in [-0.2, -0.15) is 4.31 Å². The van der Waals surface area contributed by atoms with Crippen molar-refractivity contribution in [3.63, 3.8) is 0 Å². The Morgan fingerprint density at radius 3 is 2.42 bits per heavy atom. The van der Waals surface area contributed by atoms with Gasteiger partial charge in [0.2, 0.25) is 10.0 Å². The summed E-state index contributed by atoms with van der Waals surface area (Å²) in [6.07, 6.45) is 3.57. The van der Waals surface area contributed by atoms with Crippen LogP contribution >= 0.6 is 11.3 Å². The lowest BCUT2D eigenvalue weighted by Crippen LogP contribution is -2.43. The average molecular weight is 464 g/mol. The number of carbonyl (C=O) groups excluding carboxylic acids is 2. The number of sulfonamides is 1. The third-order valence-electron chi connectivity index (χ3n) is 5.83. The average Bonchev–Trinajstić information content (AvgIpc) is 3.06. The van der Waals surface area contributed by atoms with E-state index in [4.69, 9.17) is 0 Å². The molecule has 0 saturated carbocycles. The number of benzene rings is 1. The third kappa shape index (κ3) is 4.68. The van der Waals surface area contributed by atoms with Crippen LogP contribution < -0.4 is 10.6 Å². The molecule has 0 spiro atoms. The van der Waals surface area contributed by atoms with Gasteiger partial charge in [0.15, 0.2) is 0 Å². The Labute approximate surface area is 187 Å². The van der Waals surface area contributed by atoms with Crippen molar-refractivity contribution in [2.75, 3.05) is 18.9 Å². The van der Waals surface area contributed by atoms with Gasteiger partial charge in [0, 0.05) is 30.1 Å². The molecule has 3 rings (SSSR count). The van der Waals surface area contributed by atoms with Crippen LogP contribution in [0, 0.1) is 13.8 Å². The van der Waals surface area contributed by atoms with Crippen molar-refractivity contribution in [3.8, 4) is 0 Å². The fourth-order valence-corrected chi connectivity index (χ4v) is 6.72. The normalized spacial score (nSPS) is 17.4. The lowest BCUT2D eigenvalue weighted by molar-refractivity contribution is 0.0963. The number of thiophene rings is 1. The number of carbonyl (C=O) groups is 2. The molecule has 2 amide bonds. The van der Waals surface area contributed by atoms with E-state index in [1.807, 2.05) is 20.8 Å². The highest BCUT2D eigenvalue weighted by Gasteiger charge is 2.32. The summed E-state index contributed by atoms with van der Waals surface area (Å²) in [6, 6.07) is 6.02. The fraction of sp³-hybridized carbons (Fsp3) is 0.455. The van der Waals surface area contributed by atoms with Crippen LogP contribution in [0.4, 0.5) is 5.00 Å². The molecule has 1 saturated heterocycles. The summed E-state index contributed by atoms with van der Waals surface area (Å²) in [5, 5.41) is 5.88. The first-order valence-corrected chi connectivity index (χ1v) is 12.7. The molecule has 168 valence electrons. The summed E-state index contributed by atoms with van der Waals surface area (Å²) in [4.78, 5) is 26.1. The largest absolute Gasteiger partial charge is 0.355 e. The second-order valence-corrected chi connectivity index (χ2v) is 10.8. The van der Waals surface area contributed by atoms with Crippen LogP contribution in [-0.4, -0.2) is 44.2 Å². The highest BCUT2D eigenvalue weighted by molar-refractivity contribution is 7.89. The van der Waals surface area contributed by atoms with Gasteiger partial charge in [0.25, 0.3) is 11.8 Å². The summed E-state index contributed by atoms with van der Waals surface area (Å²) < 4.78 is 27.8. The van der Waals surface area contributed by atoms with Gasteiger partial charge in [-0.15, -0.1) is 11.3 Å². The Hall–Kier alpha value is -2.23. The molecule has 1 fully saturated rings. The molecule has 1 unspecified atom stereocenters. The molecule has 2 aromatic rings. The minimum atomic E-state index is -3.60. The number of rotatable bonds is 6. The van der Waals surface area contributed by atoms with Crippen LogP contribution in [0.2, 0.25) is 0 Å². The molecule has 2 heterocycles. The maximum absolute atomic E-state index is 13.1. The molecular weight excluding hydrogens is 434 g/mol. The number of piperidine rings is 1. The topological polar surface area (TPSA) is 95.6 Å². The number of aryl methyl sites for hydroxylation is 1. The molecule has 1 aromatic carbocycles. The minimum absolute atomic E-state index is 0.0233. The summed E-state index contributed by atoms with van der Waals surface area (Å²) in [7, 11) is -2.05. The smallest absolute Gasteiger partial charge is 0.256 e. The van der Waals surface area contributed by atoms with Gasteiger partial charge < -0.3 is 10.6 Å². The van der Waals surface area contributed by atoms with E-state index in [0.717, 1.165) is 36.1 Å². The lowest BCUT2D eigenvalue weighted by Gasteiger charge is -2.34. The fourth-order valence-electron chi connectivity index (χ4n) is 3.90. The Balaban J connectivity index is 1.81. The van der Waals surface area contributed by atoms with Gasteiger partial charge >= 0.3 is 0 Å². The molecule has 7 nitrogen and oxygen atoms in total. The van der Waals surface area contributed by atoms with Crippen LogP contribution in [0.1, 0.15) is 63.8 Å².